The second kappa shape index (κ2) is 7.17. The first-order valence-electron chi connectivity index (χ1n) is 4.84. The fourth-order valence-corrected chi connectivity index (χ4v) is 1.19. The smallest absolute Gasteiger partial charge is 0.239 e. The largest absolute Gasteiger partial charge is 0.393 e. The quantitative estimate of drug-likeness (QED) is 0.613. The topological polar surface area (TPSA) is 75.4 Å². The lowest BCUT2D eigenvalue weighted by molar-refractivity contribution is -0.134. The van der Waals surface area contributed by atoms with E-state index in [0.717, 1.165) is 0 Å². The molecule has 0 aromatic rings. The van der Waals surface area contributed by atoms with Gasteiger partial charge >= 0.3 is 0 Å². The van der Waals surface area contributed by atoms with E-state index in [4.69, 9.17) is 5.73 Å². The van der Waals surface area contributed by atoms with Crippen molar-refractivity contribution in [2.75, 3.05) is 19.6 Å². The van der Waals surface area contributed by atoms with Crippen molar-refractivity contribution in [3.05, 3.63) is 0 Å². The van der Waals surface area contributed by atoms with Crippen LogP contribution in [0.5, 0.6) is 0 Å². The molecule has 0 saturated heterocycles. The lowest BCUT2D eigenvalue weighted by Crippen LogP contribution is -2.41. The molecule has 0 rings (SSSR count). The summed E-state index contributed by atoms with van der Waals surface area (Å²) in [7, 11) is 0. The van der Waals surface area contributed by atoms with Crippen molar-refractivity contribution < 1.29 is 9.59 Å². The summed E-state index contributed by atoms with van der Waals surface area (Å²) >= 11 is 4.63. The minimum atomic E-state index is -0.212. The number of rotatable bonds is 6. The van der Waals surface area contributed by atoms with E-state index >= 15 is 0 Å². The number of hydrogen-bond acceptors (Lipinski definition) is 3. The van der Waals surface area contributed by atoms with Crippen LogP contribution in [0.25, 0.3) is 0 Å². The molecule has 0 fully saturated rings. The average Bonchev–Trinajstić information content (AvgIpc) is 2.13. The average molecular weight is 231 g/mol. The van der Waals surface area contributed by atoms with Crippen molar-refractivity contribution in [2.45, 2.75) is 20.3 Å². The molecule has 0 aromatic heterocycles. The van der Waals surface area contributed by atoms with Crippen molar-refractivity contribution in [1.82, 2.24) is 10.2 Å². The van der Waals surface area contributed by atoms with E-state index in [1.54, 1.807) is 6.92 Å². The Bertz CT molecular complexity index is 256. The monoisotopic (exact) mass is 231 g/mol. The van der Waals surface area contributed by atoms with E-state index in [9.17, 15) is 9.59 Å². The van der Waals surface area contributed by atoms with Gasteiger partial charge in [-0.3, -0.25) is 9.59 Å². The van der Waals surface area contributed by atoms with E-state index in [-0.39, 0.29) is 29.8 Å². The van der Waals surface area contributed by atoms with Gasteiger partial charge in [0.2, 0.25) is 11.8 Å². The maximum atomic E-state index is 11.5. The van der Waals surface area contributed by atoms with Crippen molar-refractivity contribution in [2.24, 2.45) is 5.73 Å². The number of carbonyl (C=O) groups is 2. The highest BCUT2D eigenvalue weighted by Crippen LogP contribution is 1.94. The van der Waals surface area contributed by atoms with E-state index in [1.165, 1.54) is 4.90 Å². The normalized spacial score (nSPS) is 9.47. The SMILES string of the molecule is CCNC(=O)CN(CC)C(=O)CC(N)=S. The van der Waals surface area contributed by atoms with Crippen LogP contribution in [0.1, 0.15) is 20.3 Å². The van der Waals surface area contributed by atoms with E-state index in [2.05, 4.69) is 17.5 Å². The highest BCUT2D eigenvalue weighted by atomic mass is 32.1. The maximum absolute atomic E-state index is 11.5. The highest BCUT2D eigenvalue weighted by molar-refractivity contribution is 7.80. The number of amides is 2. The molecule has 6 heteroatoms. The van der Waals surface area contributed by atoms with Crippen molar-refractivity contribution in [3.63, 3.8) is 0 Å². The van der Waals surface area contributed by atoms with Crippen LogP contribution in [0.15, 0.2) is 0 Å². The predicted octanol–water partition coefficient (Wildman–Crippen LogP) is -0.353. The molecule has 0 aliphatic heterocycles. The molecule has 3 N–H and O–H groups in total. The molecular weight excluding hydrogens is 214 g/mol. The summed E-state index contributed by atoms with van der Waals surface area (Å²) in [4.78, 5) is 24.3. The number of nitrogens with one attached hydrogen (secondary N) is 1. The fraction of sp³-hybridized carbons (Fsp3) is 0.667. The van der Waals surface area contributed by atoms with Gasteiger partial charge in [-0.05, 0) is 13.8 Å². The second-order valence-electron chi connectivity index (χ2n) is 3.00. The van der Waals surface area contributed by atoms with Gasteiger partial charge in [-0.2, -0.15) is 0 Å². The minimum Gasteiger partial charge on any atom is -0.393 e. The van der Waals surface area contributed by atoms with Gasteiger partial charge in [-0.25, -0.2) is 0 Å². The summed E-state index contributed by atoms with van der Waals surface area (Å²) in [6.07, 6.45) is 0.0164. The van der Waals surface area contributed by atoms with E-state index in [1.807, 2.05) is 6.92 Å². The number of hydrogen-bond donors (Lipinski definition) is 2. The molecule has 0 saturated carbocycles. The standard InChI is InChI=1S/C9H17N3O2S/c1-3-11-8(13)6-12(4-2)9(14)5-7(10)15/h3-6H2,1-2H3,(H2,10,15)(H,11,13). The number of nitrogens with two attached hydrogens (primary N) is 1. The Labute approximate surface area is 95.0 Å². The van der Waals surface area contributed by atoms with Crippen molar-refractivity contribution >= 4 is 29.0 Å². The zero-order valence-corrected chi connectivity index (χ0v) is 9.89. The molecule has 86 valence electrons. The van der Waals surface area contributed by atoms with Gasteiger partial charge in [-0.1, -0.05) is 12.2 Å². The maximum Gasteiger partial charge on any atom is 0.239 e. The zero-order valence-electron chi connectivity index (χ0n) is 9.08. The van der Waals surface area contributed by atoms with Crippen LogP contribution in [0, 0.1) is 0 Å². The van der Waals surface area contributed by atoms with Crippen LogP contribution in [-0.2, 0) is 9.59 Å². The molecule has 0 spiro atoms. The lowest BCUT2D eigenvalue weighted by Gasteiger charge is -2.19. The third kappa shape index (κ3) is 6.01. The first-order valence-corrected chi connectivity index (χ1v) is 5.24. The molecular formula is C9H17N3O2S. The minimum absolute atomic E-state index is 0.0164. The summed E-state index contributed by atoms with van der Waals surface area (Å²) in [6.45, 7) is 4.71. The molecule has 0 radical (unpaired) electrons. The van der Waals surface area contributed by atoms with Crippen molar-refractivity contribution in [1.29, 1.82) is 0 Å². The first-order chi connectivity index (χ1) is 7.01. The third-order valence-electron chi connectivity index (χ3n) is 1.77. The Hall–Kier alpha value is -1.17. The molecule has 15 heavy (non-hydrogen) atoms. The van der Waals surface area contributed by atoms with Crippen molar-refractivity contribution in [3.8, 4) is 0 Å². The number of thiocarbonyl (C=S) groups is 1. The van der Waals surface area contributed by atoms with E-state index < -0.39 is 0 Å². The highest BCUT2D eigenvalue weighted by Gasteiger charge is 2.15. The third-order valence-corrected chi connectivity index (χ3v) is 1.91. The van der Waals surface area contributed by atoms with Crippen LogP contribution < -0.4 is 11.1 Å². The molecule has 5 nitrogen and oxygen atoms in total. The molecule has 0 aliphatic carbocycles. The van der Waals surface area contributed by atoms with E-state index in [0.29, 0.717) is 13.1 Å². The van der Waals surface area contributed by atoms with Crippen LogP contribution in [0.4, 0.5) is 0 Å². The van der Waals surface area contributed by atoms with Gasteiger partial charge < -0.3 is 16.0 Å². The molecule has 0 bridgehead atoms. The van der Waals surface area contributed by atoms with Crippen LogP contribution >= 0.6 is 12.2 Å². The molecule has 2 amide bonds. The van der Waals surface area contributed by atoms with Gasteiger partial charge in [-0.15, -0.1) is 0 Å². The first kappa shape index (κ1) is 13.8. The summed E-state index contributed by atoms with van der Waals surface area (Å²) < 4.78 is 0. The molecule has 0 heterocycles. The summed E-state index contributed by atoms with van der Waals surface area (Å²) in [6, 6.07) is 0. The van der Waals surface area contributed by atoms with Crippen LogP contribution in [-0.4, -0.2) is 41.3 Å². The summed E-state index contributed by atoms with van der Waals surface area (Å²) in [5.41, 5.74) is 5.26. The molecule has 0 atom stereocenters. The zero-order chi connectivity index (χ0) is 11.8. The Kier molecular flexibility index (Phi) is 6.61. The number of carbonyl (C=O) groups excluding carboxylic acids is 2. The summed E-state index contributed by atoms with van der Waals surface area (Å²) in [5.74, 6) is -0.383. The Morgan fingerprint density at radius 2 is 2.00 bits per heavy atom. The number of nitrogens with zero attached hydrogens (tertiary/aromatic N) is 1. The van der Waals surface area contributed by atoms with Crippen LogP contribution in [0.2, 0.25) is 0 Å². The van der Waals surface area contributed by atoms with Gasteiger partial charge in [0.25, 0.3) is 0 Å². The van der Waals surface area contributed by atoms with Gasteiger partial charge in [0, 0.05) is 13.1 Å². The Morgan fingerprint density at radius 3 is 2.40 bits per heavy atom. The number of likely N-dealkylation sites (N-methyl/N-ethyl adjacent to an activating group) is 2. The van der Waals surface area contributed by atoms with Gasteiger partial charge in [0.05, 0.1) is 18.0 Å². The Balaban J connectivity index is 4.17. The van der Waals surface area contributed by atoms with Gasteiger partial charge in [0.1, 0.15) is 0 Å². The Morgan fingerprint density at radius 1 is 1.40 bits per heavy atom. The van der Waals surface area contributed by atoms with Crippen LogP contribution in [0.3, 0.4) is 0 Å². The summed E-state index contributed by atoms with van der Waals surface area (Å²) in [5, 5.41) is 2.62. The van der Waals surface area contributed by atoms with Gasteiger partial charge in [0.15, 0.2) is 0 Å². The molecule has 0 unspecified atom stereocenters. The predicted molar refractivity (Wildman–Crippen MR) is 62.3 cm³/mol. The second-order valence-corrected chi connectivity index (χ2v) is 3.53. The lowest BCUT2D eigenvalue weighted by atomic mass is 10.3. The fourth-order valence-electron chi connectivity index (χ4n) is 1.06. The molecule has 0 aliphatic rings. The molecule has 0 aromatic carbocycles.